The Bertz CT molecular complexity index is 494. The molecule has 1 aromatic rings. The zero-order chi connectivity index (χ0) is 16.2. The standard InChI is InChI=1S/C15H20ClF3N2O.ClH/c16-13-4-3-11(15(17,18)19)10-12(13)14(2-1-9-22)21-7-5-20-6-8-21;/h3-4,10,14,20,22H,1-2,5-9H2;1H/t14-;/m0./s1. The van der Waals surface area contributed by atoms with Crippen molar-refractivity contribution in [3.05, 3.63) is 34.3 Å². The highest BCUT2D eigenvalue weighted by atomic mass is 35.5. The van der Waals surface area contributed by atoms with Crippen molar-refractivity contribution in [1.82, 2.24) is 10.2 Å². The van der Waals surface area contributed by atoms with Gasteiger partial charge in [-0.05, 0) is 36.6 Å². The molecule has 1 fully saturated rings. The summed E-state index contributed by atoms with van der Waals surface area (Å²) in [6.45, 7) is 3.11. The van der Waals surface area contributed by atoms with Crippen LogP contribution >= 0.6 is 24.0 Å². The molecule has 0 saturated carbocycles. The van der Waals surface area contributed by atoms with Gasteiger partial charge < -0.3 is 10.4 Å². The van der Waals surface area contributed by atoms with Crippen LogP contribution in [0.15, 0.2) is 18.2 Å². The van der Waals surface area contributed by atoms with E-state index in [1.807, 2.05) is 0 Å². The van der Waals surface area contributed by atoms with Gasteiger partial charge in [0.05, 0.1) is 5.56 Å². The predicted molar refractivity (Wildman–Crippen MR) is 87.2 cm³/mol. The minimum absolute atomic E-state index is 0. The summed E-state index contributed by atoms with van der Waals surface area (Å²) in [4.78, 5) is 2.13. The molecular weight excluding hydrogens is 352 g/mol. The molecule has 8 heteroatoms. The molecule has 3 nitrogen and oxygen atoms in total. The van der Waals surface area contributed by atoms with Gasteiger partial charge in [-0.2, -0.15) is 13.2 Å². The maximum absolute atomic E-state index is 13.0. The monoisotopic (exact) mass is 372 g/mol. The summed E-state index contributed by atoms with van der Waals surface area (Å²) < 4.78 is 38.9. The summed E-state index contributed by atoms with van der Waals surface area (Å²) in [5, 5.41) is 12.6. The maximum Gasteiger partial charge on any atom is 0.416 e. The van der Waals surface area contributed by atoms with E-state index in [-0.39, 0.29) is 25.1 Å². The Kier molecular flexibility index (Phi) is 8.10. The van der Waals surface area contributed by atoms with Gasteiger partial charge in [-0.15, -0.1) is 12.4 Å². The Labute approximate surface area is 145 Å². The van der Waals surface area contributed by atoms with Crippen LogP contribution in [-0.4, -0.2) is 42.8 Å². The lowest BCUT2D eigenvalue weighted by molar-refractivity contribution is -0.137. The van der Waals surface area contributed by atoms with Crippen molar-refractivity contribution in [2.24, 2.45) is 0 Å². The van der Waals surface area contributed by atoms with Crippen molar-refractivity contribution < 1.29 is 18.3 Å². The number of hydrogen-bond donors (Lipinski definition) is 2. The van der Waals surface area contributed by atoms with E-state index in [4.69, 9.17) is 16.7 Å². The molecule has 0 radical (unpaired) electrons. The summed E-state index contributed by atoms with van der Waals surface area (Å²) in [6, 6.07) is 3.26. The molecule has 132 valence electrons. The van der Waals surface area contributed by atoms with Gasteiger partial charge in [0.25, 0.3) is 0 Å². The maximum atomic E-state index is 13.0. The van der Waals surface area contributed by atoms with Gasteiger partial charge in [0.15, 0.2) is 0 Å². The number of rotatable bonds is 5. The molecule has 1 aliphatic heterocycles. The fourth-order valence-electron chi connectivity index (χ4n) is 2.79. The molecule has 0 amide bonds. The minimum atomic E-state index is -4.38. The number of aliphatic hydroxyl groups is 1. The van der Waals surface area contributed by atoms with E-state index in [0.29, 0.717) is 23.4 Å². The second-order valence-electron chi connectivity index (χ2n) is 5.40. The molecule has 0 spiro atoms. The van der Waals surface area contributed by atoms with E-state index < -0.39 is 11.7 Å². The van der Waals surface area contributed by atoms with Crippen molar-refractivity contribution in [2.45, 2.75) is 25.1 Å². The number of aliphatic hydroxyl groups excluding tert-OH is 1. The fourth-order valence-corrected chi connectivity index (χ4v) is 3.03. The number of piperazine rings is 1. The average molecular weight is 373 g/mol. The minimum Gasteiger partial charge on any atom is -0.396 e. The normalized spacial score (nSPS) is 17.6. The summed E-state index contributed by atoms with van der Waals surface area (Å²) in [5.41, 5.74) is -0.192. The molecule has 0 unspecified atom stereocenters. The zero-order valence-electron chi connectivity index (χ0n) is 12.6. The largest absolute Gasteiger partial charge is 0.416 e. The Hall–Kier alpha value is -0.530. The molecule has 1 aliphatic rings. The number of halogens is 5. The van der Waals surface area contributed by atoms with Crippen LogP contribution in [0.25, 0.3) is 0 Å². The molecule has 0 bridgehead atoms. The van der Waals surface area contributed by atoms with Crippen LogP contribution in [0.5, 0.6) is 0 Å². The van der Waals surface area contributed by atoms with Crippen molar-refractivity contribution in [3.8, 4) is 0 Å². The highest BCUT2D eigenvalue weighted by Crippen LogP contribution is 2.37. The van der Waals surface area contributed by atoms with Crippen LogP contribution in [0.2, 0.25) is 5.02 Å². The first-order valence-electron chi connectivity index (χ1n) is 7.35. The second kappa shape index (κ2) is 9.08. The van der Waals surface area contributed by atoms with Gasteiger partial charge >= 0.3 is 6.18 Å². The lowest BCUT2D eigenvalue weighted by atomic mass is 9.97. The quantitative estimate of drug-likeness (QED) is 0.830. The smallest absolute Gasteiger partial charge is 0.396 e. The third-order valence-electron chi connectivity index (χ3n) is 3.91. The van der Waals surface area contributed by atoms with E-state index in [1.165, 1.54) is 6.07 Å². The van der Waals surface area contributed by atoms with Crippen molar-refractivity contribution >= 4 is 24.0 Å². The van der Waals surface area contributed by atoms with Crippen molar-refractivity contribution in [1.29, 1.82) is 0 Å². The molecule has 1 heterocycles. The first kappa shape index (κ1) is 20.5. The second-order valence-corrected chi connectivity index (χ2v) is 5.81. The molecule has 2 N–H and O–H groups in total. The molecule has 1 saturated heterocycles. The van der Waals surface area contributed by atoms with Crippen LogP contribution in [0.3, 0.4) is 0 Å². The SMILES string of the molecule is Cl.OCCC[C@@H](c1cc(C(F)(F)F)ccc1Cl)N1CCNCC1. The van der Waals surface area contributed by atoms with Gasteiger partial charge in [-0.3, -0.25) is 4.90 Å². The molecule has 0 aromatic heterocycles. The van der Waals surface area contributed by atoms with Crippen LogP contribution in [0, 0.1) is 0 Å². The van der Waals surface area contributed by atoms with E-state index >= 15 is 0 Å². The Morgan fingerprint density at radius 1 is 1.26 bits per heavy atom. The summed E-state index contributed by atoms with van der Waals surface area (Å²) in [6.07, 6.45) is -3.27. The number of nitrogens with zero attached hydrogens (tertiary/aromatic N) is 1. The van der Waals surface area contributed by atoms with Gasteiger partial charge in [0.2, 0.25) is 0 Å². The summed E-state index contributed by atoms with van der Waals surface area (Å²) in [7, 11) is 0. The number of nitrogens with one attached hydrogen (secondary N) is 1. The number of benzene rings is 1. The van der Waals surface area contributed by atoms with Crippen molar-refractivity contribution in [2.75, 3.05) is 32.8 Å². The fraction of sp³-hybridized carbons (Fsp3) is 0.600. The summed E-state index contributed by atoms with van der Waals surface area (Å²) in [5.74, 6) is 0. The van der Waals surface area contributed by atoms with E-state index in [2.05, 4.69) is 10.2 Å². The first-order chi connectivity index (χ1) is 10.4. The van der Waals surface area contributed by atoms with E-state index in [0.717, 1.165) is 38.3 Å². The van der Waals surface area contributed by atoms with E-state index in [1.54, 1.807) is 0 Å². The number of alkyl halides is 3. The third kappa shape index (κ3) is 5.50. The van der Waals surface area contributed by atoms with Crippen LogP contribution in [0.1, 0.15) is 30.0 Å². The Balaban J connectivity index is 0.00000264. The molecule has 1 atom stereocenters. The lowest BCUT2D eigenvalue weighted by Crippen LogP contribution is -2.45. The van der Waals surface area contributed by atoms with Gasteiger partial charge in [-0.1, -0.05) is 11.6 Å². The van der Waals surface area contributed by atoms with Crippen LogP contribution in [-0.2, 0) is 6.18 Å². The van der Waals surface area contributed by atoms with Gasteiger partial charge in [0.1, 0.15) is 0 Å². The number of hydrogen-bond acceptors (Lipinski definition) is 3. The highest BCUT2D eigenvalue weighted by Gasteiger charge is 2.32. The zero-order valence-corrected chi connectivity index (χ0v) is 14.1. The first-order valence-corrected chi connectivity index (χ1v) is 7.73. The molecule has 0 aliphatic carbocycles. The molecule has 23 heavy (non-hydrogen) atoms. The molecule has 2 rings (SSSR count). The summed E-state index contributed by atoms with van der Waals surface area (Å²) >= 11 is 6.17. The van der Waals surface area contributed by atoms with Gasteiger partial charge in [-0.25, -0.2) is 0 Å². The topological polar surface area (TPSA) is 35.5 Å². The van der Waals surface area contributed by atoms with Crippen LogP contribution < -0.4 is 5.32 Å². The van der Waals surface area contributed by atoms with Crippen LogP contribution in [0.4, 0.5) is 13.2 Å². The van der Waals surface area contributed by atoms with E-state index in [9.17, 15) is 13.2 Å². The predicted octanol–water partition coefficient (Wildman–Crippen LogP) is 3.50. The molecular formula is C15H21Cl2F3N2O. The van der Waals surface area contributed by atoms with Crippen molar-refractivity contribution in [3.63, 3.8) is 0 Å². The third-order valence-corrected chi connectivity index (χ3v) is 4.25. The Morgan fingerprint density at radius 2 is 1.91 bits per heavy atom. The van der Waals surface area contributed by atoms with Gasteiger partial charge in [0, 0.05) is 43.9 Å². The lowest BCUT2D eigenvalue weighted by Gasteiger charge is -2.36. The molecule has 1 aromatic carbocycles. The Morgan fingerprint density at radius 3 is 2.48 bits per heavy atom. The average Bonchev–Trinajstić information content (AvgIpc) is 2.49. The highest BCUT2D eigenvalue weighted by molar-refractivity contribution is 6.31.